The van der Waals surface area contributed by atoms with Crippen LogP contribution in [0.3, 0.4) is 0 Å². The van der Waals surface area contributed by atoms with Gasteiger partial charge in [0.15, 0.2) is 0 Å². The van der Waals surface area contributed by atoms with Crippen LogP contribution in [0.4, 0.5) is 0 Å². The van der Waals surface area contributed by atoms with E-state index in [-0.39, 0.29) is 5.54 Å². The van der Waals surface area contributed by atoms with Crippen molar-refractivity contribution in [2.45, 2.75) is 63.3 Å². The highest BCUT2D eigenvalue weighted by molar-refractivity contribution is 5.78. The van der Waals surface area contributed by atoms with Gasteiger partial charge in [-0.1, -0.05) is 25.7 Å². The first kappa shape index (κ1) is 15.8. The number of carbonyl (C=O) groups is 1. The van der Waals surface area contributed by atoms with Gasteiger partial charge in [-0.15, -0.1) is 0 Å². The Balaban J connectivity index is 1.93. The Morgan fingerprint density at radius 1 is 1.05 bits per heavy atom. The summed E-state index contributed by atoms with van der Waals surface area (Å²) in [6, 6.07) is 0. The van der Waals surface area contributed by atoms with Gasteiger partial charge < -0.3 is 10.6 Å². The smallest absolute Gasteiger partial charge is 0.236 e. The Kier molecular flexibility index (Phi) is 5.85. The van der Waals surface area contributed by atoms with Gasteiger partial charge in [0.2, 0.25) is 5.91 Å². The first-order valence-electron chi connectivity index (χ1n) is 8.37. The van der Waals surface area contributed by atoms with Crippen LogP contribution in [0, 0.1) is 0 Å². The van der Waals surface area contributed by atoms with Crippen molar-refractivity contribution in [2.24, 2.45) is 5.73 Å². The normalized spacial score (nSPS) is 23.6. The minimum absolute atomic E-state index is 0.0575. The molecule has 0 aromatic heterocycles. The van der Waals surface area contributed by atoms with E-state index in [0.717, 1.165) is 38.8 Å². The fourth-order valence-electron chi connectivity index (χ4n) is 3.74. The van der Waals surface area contributed by atoms with Crippen LogP contribution in [0.15, 0.2) is 0 Å². The number of nitrogens with zero attached hydrogens (tertiary/aromatic N) is 2. The molecule has 0 bridgehead atoms. The second-order valence-corrected chi connectivity index (χ2v) is 6.64. The van der Waals surface area contributed by atoms with E-state index >= 15 is 0 Å². The zero-order valence-electron chi connectivity index (χ0n) is 13.1. The summed E-state index contributed by atoms with van der Waals surface area (Å²) in [5.41, 5.74) is 6.15. The summed E-state index contributed by atoms with van der Waals surface area (Å²) in [5, 5.41) is 0. The van der Waals surface area contributed by atoms with Crippen LogP contribution in [-0.4, -0.2) is 54.5 Å². The summed E-state index contributed by atoms with van der Waals surface area (Å²) in [7, 11) is 2.10. The van der Waals surface area contributed by atoms with Gasteiger partial charge in [0.1, 0.15) is 0 Å². The third-order valence-corrected chi connectivity index (χ3v) is 5.31. The fraction of sp³-hybridized carbons (Fsp3) is 0.938. The number of amides is 1. The molecule has 1 saturated heterocycles. The number of hydrogen-bond donors (Lipinski definition) is 1. The Morgan fingerprint density at radius 3 is 2.15 bits per heavy atom. The minimum Gasteiger partial charge on any atom is -0.342 e. The van der Waals surface area contributed by atoms with Crippen molar-refractivity contribution in [1.29, 1.82) is 0 Å². The number of carbonyl (C=O) groups excluding carboxylic acids is 1. The Morgan fingerprint density at radius 2 is 1.60 bits per heavy atom. The molecule has 20 heavy (non-hydrogen) atoms. The molecule has 0 aromatic rings. The molecule has 1 amide bonds. The molecule has 2 fully saturated rings. The van der Waals surface area contributed by atoms with Crippen molar-refractivity contribution < 1.29 is 4.79 Å². The predicted molar refractivity (Wildman–Crippen MR) is 82.5 cm³/mol. The Hall–Kier alpha value is -0.610. The molecule has 4 nitrogen and oxygen atoms in total. The van der Waals surface area contributed by atoms with Gasteiger partial charge in [0.05, 0.1) is 6.54 Å². The maximum Gasteiger partial charge on any atom is 0.236 e. The number of likely N-dealkylation sites (tertiary alicyclic amines) is 1. The molecule has 0 unspecified atom stereocenters. The van der Waals surface area contributed by atoms with Crippen molar-refractivity contribution in [3.63, 3.8) is 0 Å². The molecule has 116 valence electrons. The summed E-state index contributed by atoms with van der Waals surface area (Å²) in [6.07, 6.45) is 11.0. The van der Waals surface area contributed by atoms with E-state index in [1.54, 1.807) is 0 Å². The average Bonchev–Trinajstić information content (AvgIpc) is 2.74. The second-order valence-electron chi connectivity index (χ2n) is 6.64. The van der Waals surface area contributed by atoms with Crippen molar-refractivity contribution in [3.05, 3.63) is 0 Å². The molecular weight excluding hydrogens is 250 g/mol. The Bertz CT molecular complexity index is 305. The molecule has 0 atom stereocenters. The summed E-state index contributed by atoms with van der Waals surface area (Å²) < 4.78 is 0. The maximum absolute atomic E-state index is 12.4. The molecular formula is C16H31N3O. The van der Waals surface area contributed by atoms with E-state index in [4.69, 9.17) is 5.73 Å². The van der Waals surface area contributed by atoms with E-state index in [1.807, 2.05) is 4.90 Å². The van der Waals surface area contributed by atoms with E-state index in [1.165, 1.54) is 32.1 Å². The highest BCUT2D eigenvalue weighted by Crippen LogP contribution is 2.31. The zero-order valence-corrected chi connectivity index (χ0v) is 13.1. The van der Waals surface area contributed by atoms with Crippen LogP contribution < -0.4 is 5.73 Å². The third-order valence-electron chi connectivity index (χ3n) is 5.31. The van der Waals surface area contributed by atoms with Crippen LogP contribution in [0.25, 0.3) is 0 Å². The van der Waals surface area contributed by atoms with Crippen LogP contribution in [0.5, 0.6) is 0 Å². The SMILES string of the molecule is CN(CC(=O)N1CCCCC1)C1(CN)CCCCCC1. The van der Waals surface area contributed by atoms with Gasteiger partial charge in [-0.3, -0.25) is 9.69 Å². The summed E-state index contributed by atoms with van der Waals surface area (Å²) in [4.78, 5) is 16.7. The average molecular weight is 281 g/mol. The van der Waals surface area contributed by atoms with Crippen LogP contribution in [-0.2, 0) is 4.79 Å². The molecule has 0 aromatic carbocycles. The highest BCUT2D eigenvalue weighted by atomic mass is 16.2. The largest absolute Gasteiger partial charge is 0.342 e. The topological polar surface area (TPSA) is 49.6 Å². The van der Waals surface area contributed by atoms with Crippen LogP contribution in [0.2, 0.25) is 0 Å². The van der Waals surface area contributed by atoms with Gasteiger partial charge in [0, 0.05) is 25.2 Å². The van der Waals surface area contributed by atoms with Crippen molar-refractivity contribution in [2.75, 3.05) is 33.2 Å². The lowest BCUT2D eigenvalue weighted by Gasteiger charge is -2.41. The molecule has 0 radical (unpaired) electrons. The summed E-state index contributed by atoms with van der Waals surface area (Å²) >= 11 is 0. The van der Waals surface area contributed by atoms with Crippen molar-refractivity contribution >= 4 is 5.91 Å². The molecule has 1 heterocycles. The number of likely N-dealkylation sites (N-methyl/N-ethyl adjacent to an activating group) is 1. The number of nitrogens with two attached hydrogens (primary N) is 1. The molecule has 2 aliphatic rings. The first-order valence-corrected chi connectivity index (χ1v) is 8.37. The second kappa shape index (κ2) is 7.41. The quantitative estimate of drug-likeness (QED) is 0.802. The van der Waals surface area contributed by atoms with Crippen LogP contribution >= 0.6 is 0 Å². The third kappa shape index (κ3) is 3.73. The van der Waals surface area contributed by atoms with E-state index in [2.05, 4.69) is 11.9 Å². The molecule has 2 N–H and O–H groups in total. The zero-order chi connectivity index (χ0) is 14.4. The molecule has 1 saturated carbocycles. The fourth-order valence-corrected chi connectivity index (χ4v) is 3.74. The van der Waals surface area contributed by atoms with Gasteiger partial charge in [-0.05, 0) is 39.2 Å². The number of piperidine rings is 1. The van der Waals surface area contributed by atoms with E-state index in [9.17, 15) is 4.79 Å². The first-order chi connectivity index (χ1) is 9.68. The van der Waals surface area contributed by atoms with Gasteiger partial charge in [0.25, 0.3) is 0 Å². The van der Waals surface area contributed by atoms with Crippen molar-refractivity contribution in [3.8, 4) is 0 Å². The van der Waals surface area contributed by atoms with Gasteiger partial charge in [-0.25, -0.2) is 0 Å². The molecule has 1 aliphatic carbocycles. The number of hydrogen-bond acceptors (Lipinski definition) is 3. The molecule has 4 heteroatoms. The summed E-state index contributed by atoms with van der Waals surface area (Å²) in [6.45, 7) is 3.11. The van der Waals surface area contributed by atoms with E-state index < -0.39 is 0 Å². The lowest BCUT2D eigenvalue weighted by molar-refractivity contribution is -0.134. The highest BCUT2D eigenvalue weighted by Gasteiger charge is 2.35. The predicted octanol–water partition coefficient (Wildman–Crippen LogP) is 1.98. The molecule has 2 rings (SSSR count). The molecule has 1 aliphatic heterocycles. The van der Waals surface area contributed by atoms with Gasteiger partial charge >= 0.3 is 0 Å². The lowest BCUT2D eigenvalue weighted by atomic mass is 9.88. The van der Waals surface area contributed by atoms with Gasteiger partial charge in [-0.2, -0.15) is 0 Å². The monoisotopic (exact) mass is 281 g/mol. The lowest BCUT2D eigenvalue weighted by Crippen LogP contribution is -2.55. The van der Waals surface area contributed by atoms with E-state index in [0.29, 0.717) is 19.0 Å². The molecule has 0 spiro atoms. The van der Waals surface area contributed by atoms with Crippen molar-refractivity contribution in [1.82, 2.24) is 9.80 Å². The minimum atomic E-state index is 0.0575. The Labute approximate surface area is 123 Å². The maximum atomic E-state index is 12.4. The standard InChI is InChI=1S/C16H31N3O/c1-18(13-15(20)19-11-7-4-8-12-19)16(14-17)9-5-2-3-6-10-16/h2-14,17H2,1H3. The summed E-state index contributed by atoms with van der Waals surface area (Å²) in [5.74, 6) is 0.296. The van der Waals surface area contributed by atoms with Crippen LogP contribution in [0.1, 0.15) is 57.8 Å². The number of rotatable bonds is 4.